The normalized spacial score (nSPS) is 20.1. The maximum atomic E-state index is 12.4. The minimum absolute atomic E-state index is 0.207. The van der Waals surface area contributed by atoms with Gasteiger partial charge in [0, 0.05) is 19.1 Å². The van der Waals surface area contributed by atoms with E-state index in [-0.39, 0.29) is 24.0 Å². The lowest BCUT2D eigenvalue weighted by Crippen LogP contribution is -2.52. The van der Waals surface area contributed by atoms with E-state index in [0.29, 0.717) is 0 Å². The molecule has 26 heavy (non-hydrogen) atoms. The molecule has 1 heterocycles. The van der Waals surface area contributed by atoms with E-state index in [0.717, 1.165) is 45.2 Å². The summed E-state index contributed by atoms with van der Waals surface area (Å²) < 4.78 is 0. The monoisotopic (exact) mass is 355 g/mol. The van der Waals surface area contributed by atoms with E-state index in [9.17, 15) is 9.59 Å². The fraction of sp³-hybridized carbons (Fsp3) is 0.524. The minimum Gasteiger partial charge on any atom is -0.335 e. The van der Waals surface area contributed by atoms with E-state index in [1.807, 2.05) is 25.1 Å². The summed E-state index contributed by atoms with van der Waals surface area (Å²) in [6, 6.07) is 9.88. The molecule has 3 amide bonds. The van der Waals surface area contributed by atoms with Crippen molar-refractivity contribution in [1.29, 1.82) is 0 Å². The predicted octanol–water partition coefficient (Wildman–Crippen LogP) is 3.32. The van der Waals surface area contributed by atoms with Crippen LogP contribution in [-0.2, 0) is 4.79 Å². The second kappa shape index (κ2) is 8.99. The zero-order valence-electron chi connectivity index (χ0n) is 15.5. The van der Waals surface area contributed by atoms with Crippen LogP contribution in [0.1, 0.15) is 51.0 Å². The van der Waals surface area contributed by atoms with E-state index >= 15 is 0 Å². The molecule has 0 spiro atoms. The lowest BCUT2D eigenvalue weighted by atomic mass is 9.96. The molecular weight excluding hydrogens is 326 g/mol. The molecule has 1 aliphatic carbocycles. The number of amides is 3. The third-order valence-electron chi connectivity index (χ3n) is 5.49. The summed E-state index contributed by atoms with van der Waals surface area (Å²) in [6.45, 7) is 3.41. The Balaban J connectivity index is 1.48. The zero-order chi connectivity index (χ0) is 18.4. The molecule has 5 nitrogen and oxygen atoms in total. The summed E-state index contributed by atoms with van der Waals surface area (Å²) in [4.78, 5) is 26.6. The molecule has 1 aliphatic heterocycles. The molecular formula is C21H29N3O2. The van der Waals surface area contributed by atoms with Gasteiger partial charge in [-0.25, -0.2) is 4.79 Å². The molecule has 1 fully saturated rings. The largest absolute Gasteiger partial charge is 0.335 e. The Kier molecular flexibility index (Phi) is 6.45. The molecule has 1 saturated carbocycles. The molecule has 2 N–H and O–H groups in total. The van der Waals surface area contributed by atoms with Gasteiger partial charge in [-0.3, -0.25) is 15.0 Å². The van der Waals surface area contributed by atoms with Crippen LogP contribution in [0.15, 0.2) is 36.4 Å². The summed E-state index contributed by atoms with van der Waals surface area (Å²) in [6.07, 6.45) is 8.66. The lowest BCUT2D eigenvalue weighted by Gasteiger charge is -2.31. The van der Waals surface area contributed by atoms with Gasteiger partial charge in [-0.2, -0.15) is 0 Å². The topological polar surface area (TPSA) is 61.4 Å². The first-order valence-electron chi connectivity index (χ1n) is 9.73. The standard InChI is InChI=1S/C21H29N3O2/c1-16(20(25)23-21(26)22-19-10-6-3-7-11-19)24-14-12-18(13-15-24)17-8-4-2-5-9-17/h2,4-5,8-9,12,16,19H,3,6-7,10-11,13-15H2,1H3,(H2,22,23,25,26)/t16-/m0/s1. The summed E-state index contributed by atoms with van der Waals surface area (Å²) in [5, 5.41) is 5.45. The number of carbonyl (C=O) groups is 2. The Morgan fingerprint density at radius 2 is 1.85 bits per heavy atom. The molecule has 0 unspecified atom stereocenters. The van der Waals surface area contributed by atoms with Gasteiger partial charge in [0.15, 0.2) is 0 Å². The van der Waals surface area contributed by atoms with Gasteiger partial charge in [0.05, 0.1) is 6.04 Å². The number of nitrogens with zero attached hydrogens (tertiary/aromatic N) is 1. The van der Waals surface area contributed by atoms with Gasteiger partial charge < -0.3 is 5.32 Å². The third-order valence-corrected chi connectivity index (χ3v) is 5.49. The van der Waals surface area contributed by atoms with Crippen molar-refractivity contribution >= 4 is 17.5 Å². The molecule has 5 heteroatoms. The van der Waals surface area contributed by atoms with Crippen molar-refractivity contribution in [1.82, 2.24) is 15.5 Å². The van der Waals surface area contributed by atoms with Crippen LogP contribution < -0.4 is 10.6 Å². The number of hydrogen-bond donors (Lipinski definition) is 2. The van der Waals surface area contributed by atoms with Crippen molar-refractivity contribution in [2.75, 3.05) is 13.1 Å². The van der Waals surface area contributed by atoms with Gasteiger partial charge in [0.25, 0.3) is 0 Å². The number of rotatable bonds is 4. The van der Waals surface area contributed by atoms with Crippen molar-refractivity contribution in [3.05, 3.63) is 42.0 Å². The van der Waals surface area contributed by atoms with Gasteiger partial charge in [-0.1, -0.05) is 55.7 Å². The maximum absolute atomic E-state index is 12.4. The Morgan fingerprint density at radius 1 is 1.12 bits per heavy atom. The number of urea groups is 1. The smallest absolute Gasteiger partial charge is 0.321 e. The number of imide groups is 1. The fourth-order valence-electron chi connectivity index (χ4n) is 3.80. The van der Waals surface area contributed by atoms with Crippen LogP contribution >= 0.6 is 0 Å². The number of benzene rings is 1. The minimum atomic E-state index is -0.355. The highest BCUT2D eigenvalue weighted by molar-refractivity contribution is 5.97. The van der Waals surface area contributed by atoms with E-state index in [4.69, 9.17) is 0 Å². The average molecular weight is 355 g/mol. The van der Waals surface area contributed by atoms with Crippen molar-refractivity contribution < 1.29 is 9.59 Å². The lowest BCUT2D eigenvalue weighted by molar-refractivity contribution is -0.124. The first kappa shape index (κ1) is 18.6. The van der Waals surface area contributed by atoms with Crippen molar-refractivity contribution in [2.45, 2.75) is 57.5 Å². The summed E-state index contributed by atoms with van der Waals surface area (Å²) in [5.41, 5.74) is 2.57. The van der Waals surface area contributed by atoms with Crippen LogP contribution in [0.3, 0.4) is 0 Å². The van der Waals surface area contributed by atoms with Gasteiger partial charge in [0.2, 0.25) is 5.91 Å². The van der Waals surface area contributed by atoms with E-state index < -0.39 is 0 Å². The van der Waals surface area contributed by atoms with Crippen LogP contribution in [-0.4, -0.2) is 42.0 Å². The average Bonchev–Trinajstić information content (AvgIpc) is 2.69. The highest BCUT2D eigenvalue weighted by atomic mass is 16.2. The van der Waals surface area contributed by atoms with Gasteiger partial charge in [-0.15, -0.1) is 0 Å². The highest BCUT2D eigenvalue weighted by Crippen LogP contribution is 2.23. The molecule has 0 aromatic heterocycles. The van der Waals surface area contributed by atoms with Crippen LogP contribution in [0.25, 0.3) is 5.57 Å². The predicted molar refractivity (Wildman–Crippen MR) is 104 cm³/mol. The Hall–Kier alpha value is -2.14. The number of nitrogens with one attached hydrogen (secondary N) is 2. The molecule has 2 aliphatic rings. The molecule has 0 radical (unpaired) electrons. The second-order valence-corrected chi connectivity index (χ2v) is 7.31. The molecule has 0 bridgehead atoms. The Morgan fingerprint density at radius 3 is 2.50 bits per heavy atom. The maximum Gasteiger partial charge on any atom is 0.321 e. The van der Waals surface area contributed by atoms with Gasteiger partial charge >= 0.3 is 6.03 Å². The number of hydrogen-bond acceptors (Lipinski definition) is 3. The number of carbonyl (C=O) groups excluding carboxylic acids is 2. The molecule has 1 aromatic rings. The summed E-state index contributed by atoms with van der Waals surface area (Å²) in [5.74, 6) is -0.227. The molecule has 1 aromatic carbocycles. The van der Waals surface area contributed by atoms with E-state index in [1.54, 1.807) is 0 Å². The van der Waals surface area contributed by atoms with Gasteiger partial charge in [0.1, 0.15) is 0 Å². The van der Waals surface area contributed by atoms with E-state index in [1.165, 1.54) is 17.6 Å². The van der Waals surface area contributed by atoms with Gasteiger partial charge in [-0.05, 0) is 37.3 Å². The molecule has 3 rings (SSSR count). The molecule has 140 valence electrons. The Bertz CT molecular complexity index is 650. The van der Waals surface area contributed by atoms with Crippen LogP contribution in [0.4, 0.5) is 4.79 Å². The van der Waals surface area contributed by atoms with Crippen molar-refractivity contribution in [3.63, 3.8) is 0 Å². The summed E-state index contributed by atoms with van der Waals surface area (Å²) >= 11 is 0. The second-order valence-electron chi connectivity index (χ2n) is 7.31. The SMILES string of the molecule is C[C@@H](C(=O)NC(=O)NC1CCCCC1)N1CC=C(c2ccccc2)CC1. The third kappa shape index (κ3) is 4.94. The molecule has 0 saturated heterocycles. The highest BCUT2D eigenvalue weighted by Gasteiger charge is 2.25. The first-order chi connectivity index (χ1) is 12.6. The summed E-state index contributed by atoms with van der Waals surface area (Å²) in [7, 11) is 0. The van der Waals surface area contributed by atoms with Crippen LogP contribution in [0, 0.1) is 0 Å². The van der Waals surface area contributed by atoms with Crippen molar-refractivity contribution in [2.24, 2.45) is 0 Å². The fourth-order valence-corrected chi connectivity index (χ4v) is 3.80. The zero-order valence-corrected chi connectivity index (χ0v) is 15.5. The quantitative estimate of drug-likeness (QED) is 0.871. The first-order valence-corrected chi connectivity index (χ1v) is 9.73. The Labute approximate surface area is 155 Å². The van der Waals surface area contributed by atoms with Crippen LogP contribution in [0.5, 0.6) is 0 Å². The molecule has 1 atom stereocenters. The van der Waals surface area contributed by atoms with Crippen molar-refractivity contribution in [3.8, 4) is 0 Å². The van der Waals surface area contributed by atoms with E-state index in [2.05, 4.69) is 33.7 Å². The van der Waals surface area contributed by atoms with Crippen LogP contribution in [0.2, 0.25) is 0 Å².